The molecule has 6 heteroatoms. The fraction of sp³-hybridized carbons (Fsp3) is 0.304. The lowest BCUT2D eigenvalue weighted by atomic mass is 10.1. The third-order valence-electron chi connectivity index (χ3n) is 5.09. The van der Waals surface area contributed by atoms with Crippen molar-refractivity contribution in [2.75, 3.05) is 37.5 Å². The molecule has 2 aromatic carbocycles. The Kier molecular flexibility index (Phi) is 5.79. The molecular weight excluding hydrogens is 364 g/mol. The quantitative estimate of drug-likeness (QED) is 0.646. The third-order valence-corrected chi connectivity index (χ3v) is 5.09. The van der Waals surface area contributed by atoms with Crippen LogP contribution in [-0.2, 0) is 0 Å². The molecule has 0 bridgehead atoms. The number of hydrogen-bond acceptors (Lipinski definition) is 6. The number of benzene rings is 2. The predicted molar refractivity (Wildman–Crippen MR) is 116 cm³/mol. The number of piperidine rings is 1. The highest BCUT2D eigenvalue weighted by atomic mass is 16.5. The Morgan fingerprint density at radius 1 is 0.862 bits per heavy atom. The molecule has 1 fully saturated rings. The van der Waals surface area contributed by atoms with Gasteiger partial charge in [-0.1, -0.05) is 30.3 Å². The molecule has 0 radical (unpaired) electrons. The lowest BCUT2D eigenvalue weighted by Gasteiger charge is -2.27. The van der Waals surface area contributed by atoms with E-state index < -0.39 is 0 Å². The van der Waals surface area contributed by atoms with E-state index >= 15 is 0 Å². The minimum Gasteiger partial charge on any atom is -0.497 e. The number of hydrogen-bond donors (Lipinski definition) is 1. The van der Waals surface area contributed by atoms with E-state index in [0.717, 1.165) is 53.3 Å². The zero-order valence-electron chi connectivity index (χ0n) is 16.9. The molecule has 0 amide bonds. The summed E-state index contributed by atoms with van der Waals surface area (Å²) >= 11 is 0. The normalized spacial score (nSPS) is 13.8. The first-order valence-electron chi connectivity index (χ1n) is 9.95. The second-order valence-corrected chi connectivity index (χ2v) is 7.04. The van der Waals surface area contributed by atoms with Gasteiger partial charge >= 0.3 is 0 Å². The summed E-state index contributed by atoms with van der Waals surface area (Å²) in [5.74, 6) is 2.97. The zero-order valence-corrected chi connectivity index (χ0v) is 16.9. The SMILES string of the molecule is COc1ccc(OC)c(Nc2cc(-c3ccccc3)nc(N3CCCCC3)n2)c1. The Morgan fingerprint density at radius 2 is 1.66 bits per heavy atom. The average molecular weight is 390 g/mol. The van der Waals surface area contributed by atoms with E-state index in [1.54, 1.807) is 14.2 Å². The summed E-state index contributed by atoms with van der Waals surface area (Å²) in [6.45, 7) is 1.97. The van der Waals surface area contributed by atoms with Crippen molar-refractivity contribution in [1.82, 2.24) is 9.97 Å². The summed E-state index contributed by atoms with van der Waals surface area (Å²) in [5, 5.41) is 3.41. The van der Waals surface area contributed by atoms with Crippen molar-refractivity contribution in [1.29, 1.82) is 0 Å². The molecule has 29 heavy (non-hydrogen) atoms. The van der Waals surface area contributed by atoms with E-state index in [9.17, 15) is 0 Å². The van der Waals surface area contributed by atoms with E-state index in [4.69, 9.17) is 19.4 Å². The third kappa shape index (κ3) is 4.42. The molecule has 0 aliphatic carbocycles. The standard InChI is InChI=1S/C23H26N4O2/c1-28-18-11-12-21(29-2)20(15-18)24-22-16-19(17-9-5-3-6-10-17)25-23(26-22)27-13-7-4-8-14-27/h3,5-6,9-12,15-16H,4,7-8,13-14H2,1-2H3,(H,24,25,26). The molecule has 0 saturated carbocycles. The van der Waals surface area contributed by atoms with Crippen molar-refractivity contribution in [3.05, 3.63) is 54.6 Å². The van der Waals surface area contributed by atoms with E-state index in [1.165, 1.54) is 19.3 Å². The molecule has 3 aromatic rings. The van der Waals surface area contributed by atoms with Gasteiger partial charge in [0.2, 0.25) is 5.95 Å². The summed E-state index contributed by atoms with van der Waals surface area (Å²) in [7, 11) is 3.31. The minimum atomic E-state index is 0.727. The van der Waals surface area contributed by atoms with E-state index in [-0.39, 0.29) is 0 Å². The molecule has 0 spiro atoms. The van der Waals surface area contributed by atoms with Crippen molar-refractivity contribution in [2.24, 2.45) is 0 Å². The molecule has 6 nitrogen and oxygen atoms in total. The maximum Gasteiger partial charge on any atom is 0.227 e. The summed E-state index contributed by atoms with van der Waals surface area (Å²) in [5.41, 5.74) is 2.76. The molecule has 150 valence electrons. The number of anilines is 3. The zero-order chi connectivity index (χ0) is 20.1. The van der Waals surface area contributed by atoms with Crippen LogP contribution < -0.4 is 19.7 Å². The number of nitrogens with zero attached hydrogens (tertiary/aromatic N) is 3. The van der Waals surface area contributed by atoms with Gasteiger partial charge in [-0.05, 0) is 31.4 Å². The molecule has 4 rings (SSSR count). The van der Waals surface area contributed by atoms with Crippen molar-refractivity contribution >= 4 is 17.5 Å². The molecule has 1 saturated heterocycles. The van der Waals surface area contributed by atoms with Gasteiger partial charge < -0.3 is 19.7 Å². The first-order valence-corrected chi connectivity index (χ1v) is 9.95. The van der Waals surface area contributed by atoms with Crippen LogP contribution in [0.4, 0.5) is 17.5 Å². The largest absolute Gasteiger partial charge is 0.497 e. The Hall–Kier alpha value is -3.28. The maximum absolute atomic E-state index is 5.51. The van der Waals surface area contributed by atoms with Crippen molar-refractivity contribution in [2.45, 2.75) is 19.3 Å². The van der Waals surface area contributed by atoms with Crippen molar-refractivity contribution < 1.29 is 9.47 Å². The van der Waals surface area contributed by atoms with E-state index in [2.05, 4.69) is 22.3 Å². The van der Waals surface area contributed by atoms with Crippen LogP contribution in [0, 0.1) is 0 Å². The molecule has 1 aliphatic heterocycles. The monoisotopic (exact) mass is 390 g/mol. The highest BCUT2D eigenvalue weighted by molar-refractivity contribution is 5.71. The molecular formula is C23H26N4O2. The molecule has 2 heterocycles. The Labute approximate surface area is 171 Å². The number of rotatable bonds is 6. The molecule has 1 aliphatic rings. The fourth-order valence-corrected chi connectivity index (χ4v) is 3.54. The molecule has 1 aromatic heterocycles. The van der Waals surface area contributed by atoms with Gasteiger partial charge in [0.25, 0.3) is 0 Å². The molecule has 1 N–H and O–H groups in total. The van der Waals surface area contributed by atoms with Crippen LogP contribution in [0.3, 0.4) is 0 Å². The van der Waals surface area contributed by atoms with Gasteiger partial charge in [-0.15, -0.1) is 0 Å². The summed E-state index contributed by atoms with van der Waals surface area (Å²) in [4.78, 5) is 11.9. The van der Waals surface area contributed by atoms with Gasteiger partial charge in [-0.3, -0.25) is 0 Å². The van der Waals surface area contributed by atoms with Crippen molar-refractivity contribution in [3.8, 4) is 22.8 Å². The fourth-order valence-electron chi connectivity index (χ4n) is 3.54. The van der Waals surface area contributed by atoms with Gasteiger partial charge in [-0.25, -0.2) is 4.98 Å². The minimum absolute atomic E-state index is 0.727. The first-order chi connectivity index (χ1) is 14.3. The van der Waals surface area contributed by atoms with Crippen LogP contribution >= 0.6 is 0 Å². The van der Waals surface area contributed by atoms with Crippen LogP contribution in [0.2, 0.25) is 0 Å². The number of nitrogens with one attached hydrogen (secondary N) is 1. The topological polar surface area (TPSA) is 59.5 Å². The Morgan fingerprint density at radius 3 is 2.38 bits per heavy atom. The smallest absolute Gasteiger partial charge is 0.227 e. The van der Waals surface area contributed by atoms with Gasteiger partial charge in [0.1, 0.15) is 17.3 Å². The number of methoxy groups -OCH3 is 2. The van der Waals surface area contributed by atoms with Crippen LogP contribution in [0.15, 0.2) is 54.6 Å². The number of ether oxygens (including phenoxy) is 2. The summed E-state index contributed by atoms with van der Waals surface area (Å²) in [6, 6.07) is 17.8. The lowest BCUT2D eigenvalue weighted by Crippen LogP contribution is -2.31. The van der Waals surface area contributed by atoms with Crippen LogP contribution in [0.5, 0.6) is 11.5 Å². The lowest BCUT2D eigenvalue weighted by molar-refractivity contribution is 0.405. The second kappa shape index (κ2) is 8.82. The van der Waals surface area contributed by atoms with Crippen LogP contribution in [0.25, 0.3) is 11.3 Å². The average Bonchev–Trinajstić information content (AvgIpc) is 2.80. The van der Waals surface area contributed by atoms with Gasteiger partial charge in [0, 0.05) is 30.8 Å². The highest BCUT2D eigenvalue weighted by Crippen LogP contribution is 2.33. The van der Waals surface area contributed by atoms with E-state index in [1.807, 2.05) is 42.5 Å². The summed E-state index contributed by atoms with van der Waals surface area (Å²) in [6.07, 6.45) is 3.61. The van der Waals surface area contributed by atoms with Gasteiger partial charge in [-0.2, -0.15) is 4.98 Å². The predicted octanol–water partition coefficient (Wildman–Crippen LogP) is 4.89. The molecule has 0 atom stereocenters. The Bertz CT molecular complexity index is 956. The summed E-state index contributed by atoms with van der Waals surface area (Å²) < 4.78 is 10.9. The first kappa shape index (κ1) is 19.1. The maximum atomic E-state index is 5.51. The number of aromatic nitrogens is 2. The Balaban J connectivity index is 1.74. The van der Waals surface area contributed by atoms with Crippen molar-refractivity contribution in [3.63, 3.8) is 0 Å². The van der Waals surface area contributed by atoms with Crippen LogP contribution in [0.1, 0.15) is 19.3 Å². The second-order valence-electron chi connectivity index (χ2n) is 7.04. The molecule has 0 unspecified atom stereocenters. The van der Waals surface area contributed by atoms with Crippen LogP contribution in [-0.4, -0.2) is 37.3 Å². The van der Waals surface area contributed by atoms with E-state index in [0.29, 0.717) is 0 Å². The highest BCUT2D eigenvalue weighted by Gasteiger charge is 2.17. The van der Waals surface area contributed by atoms with Gasteiger partial charge in [0.15, 0.2) is 0 Å². The van der Waals surface area contributed by atoms with Gasteiger partial charge in [0.05, 0.1) is 25.6 Å².